The molecule has 0 amide bonds. The van der Waals surface area contributed by atoms with Crippen molar-refractivity contribution in [2.75, 3.05) is 6.26 Å². The lowest BCUT2D eigenvalue weighted by atomic mass is 10.1. The molecule has 0 aromatic heterocycles. The van der Waals surface area contributed by atoms with E-state index in [0.717, 1.165) is 18.9 Å². The first kappa shape index (κ1) is 12.7. The molecule has 0 aliphatic heterocycles. The highest BCUT2D eigenvalue weighted by Gasteiger charge is 2.02. The lowest BCUT2D eigenvalue weighted by Gasteiger charge is -2.00. The van der Waals surface area contributed by atoms with Gasteiger partial charge in [0.15, 0.2) is 9.76 Å². The van der Waals surface area contributed by atoms with Gasteiger partial charge in [-0.1, -0.05) is 13.0 Å². The maximum Gasteiger partial charge on any atom is 0.330 e. The molecule has 0 spiro atoms. The molecule has 1 N–H and O–H groups in total. The fraction of sp³-hybridized carbons (Fsp3) is 0.625. The molecule has 0 unspecified atom stereocenters. The van der Waals surface area contributed by atoms with Crippen molar-refractivity contribution >= 4 is 27.8 Å². The van der Waals surface area contributed by atoms with Gasteiger partial charge in [0, 0.05) is 11.8 Å². The number of aliphatic carboxylic acids is 1. The minimum atomic E-state index is -0.877. The standard InChI is InChI=1S/C8H16O3SSi/c1-7(8(9)10)5-3-4-6-13-11-12-2/h1,3-6,13H2,2H3,(H,9,10). The van der Waals surface area contributed by atoms with E-state index in [1.165, 1.54) is 12.0 Å². The van der Waals surface area contributed by atoms with Crippen LogP contribution in [0, 0.1) is 0 Å². The Balaban J connectivity index is 3.16. The Labute approximate surface area is 85.7 Å². The van der Waals surface area contributed by atoms with Crippen LogP contribution in [0.2, 0.25) is 6.04 Å². The Morgan fingerprint density at radius 2 is 2.31 bits per heavy atom. The van der Waals surface area contributed by atoms with Crippen molar-refractivity contribution < 1.29 is 13.8 Å². The van der Waals surface area contributed by atoms with Crippen LogP contribution in [0.15, 0.2) is 12.2 Å². The summed E-state index contributed by atoms with van der Waals surface area (Å²) < 4.78 is 5.20. The van der Waals surface area contributed by atoms with Crippen LogP contribution >= 0.6 is 12.0 Å². The molecule has 0 saturated heterocycles. The van der Waals surface area contributed by atoms with E-state index in [9.17, 15) is 4.79 Å². The quantitative estimate of drug-likeness (QED) is 0.292. The summed E-state index contributed by atoms with van der Waals surface area (Å²) in [4.78, 5) is 10.3. The number of carbonyl (C=O) groups is 1. The highest BCUT2D eigenvalue weighted by molar-refractivity contribution is 7.94. The SMILES string of the molecule is C=C(CCCC[SiH2]OSC)C(=O)O. The third kappa shape index (κ3) is 8.08. The minimum absolute atomic E-state index is 0.312. The monoisotopic (exact) mass is 220 g/mol. The van der Waals surface area contributed by atoms with Crippen molar-refractivity contribution in [2.45, 2.75) is 25.3 Å². The molecule has 0 aromatic carbocycles. The van der Waals surface area contributed by atoms with Crippen molar-refractivity contribution in [3.63, 3.8) is 0 Å². The van der Waals surface area contributed by atoms with Crippen LogP contribution in [-0.2, 0) is 8.67 Å². The predicted molar refractivity (Wildman–Crippen MR) is 58.6 cm³/mol. The summed E-state index contributed by atoms with van der Waals surface area (Å²) in [6, 6.07) is 1.12. The molecule has 0 heterocycles. The molecule has 76 valence electrons. The summed E-state index contributed by atoms with van der Waals surface area (Å²) in [5.74, 6) is -0.877. The van der Waals surface area contributed by atoms with Gasteiger partial charge in [-0.15, -0.1) is 0 Å². The Bertz CT molecular complexity index is 173. The third-order valence-electron chi connectivity index (χ3n) is 1.63. The van der Waals surface area contributed by atoms with E-state index < -0.39 is 5.97 Å². The zero-order chi connectivity index (χ0) is 10.1. The summed E-state index contributed by atoms with van der Waals surface area (Å²) in [5.41, 5.74) is 0.312. The smallest absolute Gasteiger partial charge is 0.330 e. The Hall–Kier alpha value is -0.263. The summed E-state index contributed by atoms with van der Waals surface area (Å²) in [7, 11) is -0.367. The van der Waals surface area contributed by atoms with Crippen molar-refractivity contribution in [1.29, 1.82) is 0 Å². The highest BCUT2D eigenvalue weighted by atomic mass is 32.2. The van der Waals surface area contributed by atoms with Crippen molar-refractivity contribution in [3.8, 4) is 0 Å². The van der Waals surface area contributed by atoms with Gasteiger partial charge in [0.05, 0.1) is 0 Å². The van der Waals surface area contributed by atoms with E-state index >= 15 is 0 Å². The summed E-state index contributed by atoms with van der Waals surface area (Å²) >= 11 is 1.42. The van der Waals surface area contributed by atoms with Crippen LogP contribution < -0.4 is 0 Å². The Morgan fingerprint density at radius 3 is 2.85 bits per heavy atom. The Kier molecular flexibility index (Phi) is 8.17. The molecule has 0 aliphatic carbocycles. The molecule has 0 atom stereocenters. The lowest BCUT2D eigenvalue weighted by molar-refractivity contribution is -0.132. The molecular formula is C8H16O3SSi. The van der Waals surface area contributed by atoms with E-state index in [4.69, 9.17) is 8.98 Å². The van der Waals surface area contributed by atoms with Gasteiger partial charge < -0.3 is 8.98 Å². The average molecular weight is 220 g/mol. The molecule has 0 fully saturated rings. The van der Waals surface area contributed by atoms with Crippen molar-refractivity contribution in [2.24, 2.45) is 0 Å². The van der Waals surface area contributed by atoms with Crippen molar-refractivity contribution in [1.82, 2.24) is 0 Å². The average Bonchev–Trinajstić information content (AvgIpc) is 2.10. The summed E-state index contributed by atoms with van der Waals surface area (Å²) in [6.07, 6.45) is 4.48. The second kappa shape index (κ2) is 8.34. The number of hydrogen-bond acceptors (Lipinski definition) is 3. The third-order valence-corrected chi connectivity index (χ3v) is 4.02. The van der Waals surface area contributed by atoms with Crippen LogP contribution in [-0.4, -0.2) is 27.1 Å². The fourth-order valence-corrected chi connectivity index (χ4v) is 2.56. The molecule has 0 radical (unpaired) electrons. The van der Waals surface area contributed by atoms with Gasteiger partial charge in [0.1, 0.15) is 0 Å². The lowest BCUT2D eigenvalue weighted by Crippen LogP contribution is -1.99. The normalized spacial score (nSPS) is 10.8. The van der Waals surface area contributed by atoms with Crippen LogP contribution in [0.3, 0.4) is 0 Å². The molecule has 0 bridgehead atoms. The summed E-state index contributed by atoms with van der Waals surface area (Å²) in [5, 5.41) is 8.50. The topological polar surface area (TPSA) is 46.5 Å². The number of carboxylic acid groups (broad SMARTS) is 1. The highest BCUT2D eigenvalue weighted by Crippen LogP contribution is 2.08. The molecule has 0 rings (SSSR count). The fourth-order valence-electron chi connectivity index (χ4n) is 0.866. The maximum absolute atomic E-state index is 10.3. The van der Waals surface area contributed by atoms with Gasteiger partial charge in [-0.2, -0.15) is 0 Å². The number of rotatable bonds is 8. The van der Waals surface area contributed by atoms with Crippen LogP contribution in [0.1, 0.15) is 19.3 Å². The zero-order valence-electron chi connectivity index (χ0n) is 7.91. The largest absolute Gasteiger partial charge is 0.478 e. The van der Waals surface area contributed by atoms with E-state index in [2.05, 4.69) is 6.58 Å². The van der Waals surface area contributed by atoms with Crippen LogP contribution in [0.25, 0.3) is 0 Å². The van der Waals surface area contributed by atoms with E-state index in [1.807, 2.05) is 6.26 Å². The number of hydrogen-bond donors (Lipinski definition) is 1. The molecule has 3 nitrogen and oxygen atoms in total. The number of unbranched alkanes of at least 4 members (excludes halogenated alkanes) is 1. The number of carboxylic acids is 1. The van der Waals surface area contributed by atoms with Gasteiger partial charge >= 0.3 is 5.97 Å². The first-order valence-corrected chi connectivity index (χ1v) is 6.98. The maximum atomic E-state index is 10.3. The molecule has 0 aliphatic rings. The van der Waals surface area contributed by atoms with E-state index in [-0.39, 0.29) is 9.76 Å². The zero-order valence-corrected chi connectivity index (χ0v) is 10.1. The van der Waals surface area contributed by atoms with Crippen LogP contribution in [0.4, 0.5) is 0 Å². The second-order valence-electron chi connectivity index (χ2n) is 2.71. The van der Waals surface area contributed by atoms with Gasteiger partial charge in [-0.05, 0) is 30.9 Å². The van der Waals surface area contributed by atoms with Crippen LogP contribution in [0.5, 0.6) is 0 Å². The van der Waals surface area contributed by atoms with Gasteiger partial charge in [0.25, 0.3) is 0 Å². The molecule has 0 aromatic rings. The van der Waals surface area contributed by atoms with E-state index in [1.54, 1.807) is 0 Å². The van der Waals surface area contributed by atoms with Gasteiger partial charge in [0.2, 0.25) is 0 Å². The first-order valence-electron chi connectivity index (χ1n) is 4.25. The molecule has 0 saturated carbocycles. The van der Waals surface area contributed by atoms with Gasteiger partial charge in [-0.3, -0.25) is 0 Å². The Morgan fingerprint density at radius 1 is 1.62 bits per heavy atom. The van der Waals surface area contributed by atoms with E-state index in [0.29, 0.717) is 12.0 Å². The minimum Gasteiger partial charge on any atom is -0.478 e. The summed E-state index contributed by atoms with van der Waals surface area (Å²) in [6.45, 7) is 3.46. The molecule has 13 heavy (non-hydrogen) atoms. The first-order chi connectivity index (χ1) is 6.18. The predicted octanol–water partition coefficient (Wildman–Crippen LogP) is 1.59. The molecular weight excluding hydrogens is 204 g/mol. The van der Waals surface area contributed by atoms with Gasteiger partial charge in [-0.25, -0.2) is 4.79 Å². The van der Waals surface area contributed by atoms with Crippen molar-refractivity contribution in [3.05, 3.63) is 12.2 Å². The molecule has 5 heteroatoms. The second-order valence-corrected chi connectivity index (χ2v) is 5.10.